The molecule has 0 aliphatic carbocycles. The predicted molar refractivity (Wildman–Crippen MR) is 104 cm³/mol. The molecular weight excluding hydrogens is 370 g/mol. The molecule has 0 radical (unpaired) electrons. The van der Waals surface area contributed by atoms with Crippen LogP contribution in [0, 0.1) is 0 Å². The van der Waals surface area contributed by atoms with Gasteiger partial charge < -0.3 is 20.1 Å². The van der Waals surface area contributed by atoms with E-state index in [-0.39, 0.29) is 17.0 Å². The summed E-state index contributed by atoms with van der Waals surface area (Å²) in [4.78, 5) is 4.08. The Morgan fingerprint density at radius 1 is 0.958 bits per heavy atom. The van der Waals surface area contributed by atoms with Crippen molar-refractivity contribution in [3.8, 4) is 17.2 Å². The van der Waals surface area contributed by atoms with Gasteiger partial charge in [-0.1, -0.05) is 12.1 Å². The number of rotatable bonds is 6. The molecule has 0 aliphatic heterocycles. The van der Waals surface area contributed by atoms with Crippen molar-refractivity contribution in [2.75, 3.05) is 27.7 Å². The van der Waals surface area contributed by atoms with E-state index in [1.54, 1.807) is 14.2 Å². The second kappa shape index (κ2) is 10.5. The maximum Gasteiger partial charge on any atom is 0.190 e. The Morgan fingerprint density at radius 2 is 1.50 bits per heavy atom. The number of hydrogen-bond donors (Lipinski definition) is 2. The molecule has 0 aliphatic rings. The van der Waals surface area contributed by atoms with Crippen LogP contribution in [0.5, 0.6) is 17.2 Å². The molecule has 0 heterocycles. The Hall–Kier alpha value is -2.21. The highest BCUT2D eigenvalue weighted by Crippen LogP contribution is 2.24. The number of benzene rings is 2. The SMILES string of the molecule is Br.CN=C(NC)NCCc1ccc(Oc2ccc(OC)cc2)cc1. The third-order valence-electron chi connectivity index (χ3n) is 3.39. The summed E-state index contributed by atoms with van der Waals surface area (Å²) in [6.45, 7) is 0.826. The zero-order valence-corrected chi connectivity index (χ0v) is 15.9. The zero-order valence-electron chi connectivity index (χ0n) is 14.2. The molecule has 0 amide bonds. The molecule has 0 saturated carbocycles. The van der Waals surface area contributed by atoms with E-state index in [0.717, 1.165) is 36.2 Å². The smallest absolute Gasteiger partial charge is 0.190 e. The molecule has 2 aromatic rings. The minimum Gasteiger partial charge on any atom is -0.497 e. The number of halogens is 1. The lowest BCUT2D eigenvalue weighted by atomic mass is 10.1. The van der Waals surface area contributed by atoms with Crippen molar-refractivity contribution in [1.29, 1.82) is 0 Å². The lowest BCUT2D eigenvalue weighted by Crippen LogP contribution is -2.35. The predicted octanol–water partition coefficient (Wildman–Crippen LogP) is 3.40. The molecule has 0 aromatic heterocycles. The summed E-state index contributed by atoms with van der Waals surface area (Å²) in [5.41, 5.74) is 1.24. The first-order valence-electron chi connectivity index (χ1n) is 7.54. The molecule has 0 saturated heterocycles. The van der Waals surface area contributed by atoms with Crippen molar-refractivity contribution in [2.45, 2.75) is 6.42 Å². The van der Waals surface area contributed by atoms with Gasteiger partial charge in [-0.2, -0.15) is 0 Å². The average Bonchev–Trinajstić information content (AvgIpc) is 2.61. The van der Waals surface area contributed by atoms with Crippen molar-refractivity contribution in [1.82, 2.24) is 10.6 Å². The van der Waals surface area contributed by atoms with Gasteiger partial charge in [0.15, 0.2) is 5.96 Å². The van der Waals surface area contributed by atoms with Crippen molar-refractivity contribution >= 4 is 22.9 Å². The lowest BCUT2D eigenvalue weighted by Gasteiger charge is -2.09. The Bertz CT molecular complexity index is 628. The molecule has 0 unspecified atom stereocenters. The third-order valence-corrected chi connectivity index (χ3v) is 3.39. The molecule has 0 spiro atoms. The molecule has 24 heavy (non-hydrogen) atoms. The average molecular weight is 394 g/mol. The fourth-order valence-electron chi connectivity index (χ4n) is 2.11. The van der Waals surface area contributed by atoms with Crippen LogP contribution in [0.25, 0.3) is 0 Å². The van der Waals surface area contributed by atoms with E-state index in [0.29, 0.717) is 0 Å². The number of aliphatic imine (C=N–C) groups is 1. The van der Waals surface area contributed by atoms with Gasteiger partial charge in [-0.15, -0.1) is 17.0 Å². The molecule has 0 fully saturated rings. The summed E-state index contributed by atoms with van der Waals surface area (Å²) in [5, 5.41) is 6.22. The third kappa shape index (κ3) is 6.12. The van der Waals surface area contributed by atoms with Crippen LogP contribution in [0.4, 0.5) is 0 Å². The van der Waals surface area contributed by atoms with Gasteiger partial charge >= 0.3 is 0 Å². The van der Waals surface area contributed by atoms with Gasteiger partial charge in [-0.25, -0.2) is 0 Å². The van der Waals surface area contributed by atoms with Crippen LogP contribution in [0.3, 0.4) is 0 Å². The Kier molecular flexibility index (Phi) is 8.71. The Morgan fingerprint density at radius 3 is 2.00 bits per heavy atom. The zero-order chi connectivity index (χ0) is 16.5. The maximum absolute atomic E-state index is 5.81. The van der Waals surface area contributed by atoms with Crippen LogP contribution in [-0.4, -0.2) is 33.7 Å². The van der Waals surface area contributed by atoms with E-state index >= 15 is 0 Å². The van der Waals surface area contributed by atoms with Gasteiger partial charge in [0.2, 0.25) is 0 Å². The fourth-order valence-corrected chi connectivity index (χ4v) is 2.11. The number of nitrogens with zero attached hydrogens (tertiary/aromatic N) is 1. The van der Waals surface area contributed by atoms with Crippen LogP contribution in [0.15, 0.2) is 53.5 Å². The van der Waals surface area contributed by atoms with Gasteiger partial charge in [0.05, 0.1) is 7.11 Å². The molecular formula is C18H24BrN3O2. The summed E-state index contributed by atoms with van der Waals surface area (Å²) in [6, 6.07) is 15.6. The molecule has 0 atom stereocenters. The summed E-state index contributed by atoms with van der Waals surface area (Å²) in [6.07, 6.45) is 0.920. The van der Waals surface area contributed by atoms with E-state index < -0.39 is 0 Å². The monoisotopic (exact) mass is 393 g/mol. The first kappa shape index (κ1) is 19.8. The normalized spacial score (nSPS) is 10.5. The fraction of sp³-hybridized carbons (Fsp3) is 0.278. The van der Waals surface area contributed by atoms with Gasteiger partial charge in [0.25, 0.3) is 0 Å². The van der Waals surface area contributed by atoms with Crippen LogP contribution >= 0.6 is 17.0 Å². The topological polar surface area (TPSA) is 54.9 Å². The number of nitrogens with one attached hydrogen (secondary N) is 2. The minimum atomic E-state index is 0. The number of guanidine groups is 1. The van der Waals surface area contributed by atoms with Crippen LogP contribution in [0.2, 0.25) is 0 Å². The summed E-state index contributed by atoms with van der Waals surface area (Å²) >= 11 is 0. The highest BCUT2D eigenvalue weighted by Gasteiger charge is 2.00. The second-order valence-electron chi connectivity index (χ2n) is 4.92. The van der Waals surface area contributed by atoms with Crippen LogP contribution < -0.4 is 20.1 Å². The minimum absolute atomic E-state index is 0. The molecule has 5 nitrogen and oxygen atoms in total. The van der Waals surface area contributed by atoms with Gasteiger partial charge in [0, 0.05) is 20.6 Å². The van der Waals surface area contributed by atoms with Crippen molar-refractivity contribution in [2.24, 2.45) is 4.99 Å². The number of methoxy groups -OCH3 is 1. The standard InChI is InChI=1S/C18H23N3O2.BrH/c1-19-18(20-2)21-13-12-14-4-6-16(7-5-14)23-17-10-8-15(22-3)9-11-17;/h4-11H,12-13H2,1-3H3,(H2,19,20,21);1H. The first-order valence-corrected chi connectivity index (χ1v) is 7.54. The van der Waals surface area contributed by atoms with Crippen molar-refractivity contribution in [3.63, 3.8) is 0 Å². The van der Waals surface area contributed by atoms with Crippen molar-refractivity contribution in [3.05, 3.63) is 54.1 Å². The highest BCUT2D eigenvalue weighted by atomic mass is 79.9. The molecule has 2 aromatic carbocycles. The van der Waals surface area contributed by atoms with Gasteiger partial charge in [0.1, 0.15) is 17.2 Å². The van der Waals surface area contributed by atoms with E-state index in [4.69, 9.17) is 9.47 Å². The van der Waals surface area contributed by atoms with E-state index in [9.17, 15) is 0 Å². The van der Waals surface area contributed by atoms with Crippen molar-refractivity contribution < 1.29 is 9.47 Å². The molecule has 130 valence electrons. The van der Waals surface area contributed by atoms with Crippen LogP contribution in [-0.2, 0) is 6.42 Å². The van der Waals surface area contributed by atoms with Crippen LogP contribution in [0.1, 0.15) is 5.56 Å². The molecule has 2 rings (SSSR count). The van der Waals surface area contributed by atoms with E-state index in [2.05, 4.69) is 27.8 Å². The molecule has 0 bridgehead atoms. The number of hydrogen-bond acceptors (Lipinski definition) is 3. The Balaban J connectivity index is 0.00000288. The quantitative estimate of drug-likeness (QED) is 0.583. The van der Waals surface area contributed by atoms with E-state index in [1.165, 1.54) is 5.56 Å². The summed E-state index contributed by atoms with van der Waals surface area (Å²) in [5.74, 6) is 3.22. The largest absolute Gasteiger partial charge is 0.497 e. The maximum atomic E-state index is 5.81. The Labute approximate surface area is 153 Å². The second-order valence-corrected chi connectivity index (χ2v) is 4.92. The lowest BCUT2D eigenvalue weighted by molar-refractivity contribution is 0.413. The van der Waals surface area contributed by atoms with Gasteiger partial charge in [-0.05, 0) is 48.4 Å². The highest BCUT2D eigenvalue weighted by molar-refractivity contribution is 8.93. The number of ether oxygens (including phenoxy) is 2. The summed E-state index contributed by atoms with van der Waals surface area (Å²) in [7, 11) is 5.25. The van der Waals surface area contributed by atoms with E-state index in [1.807, 2.05) is 43.4 Å². The molecule has 6 heteroatoms. The molecule has 2 N–H and O–H groups in total. The summed E-state index contributed by atoms with van der Waals surface area (Å²) < 4.78 is 10.9. The van der Waals surface area contributed by atoms with Gasteiger partial charge in [-0.3, -0.25) is 4.99 Å². The first-order chi connectivity index (χ1) is 11.2.